The van der Waals surface area contributed by atoms with E-state index in [1.165, 1.54) is 30.7 Å². The van der Waals surface area contributed by atoms with Crippen LogP contribution < -0.4 is 9.46 Å². The molecule has 0 spiro atoms. The quantitative estimate of drug-likeness (QED) is 0.484. The second-order valence-electron chi connectivity index (χ2n) is 5.19. The molecule has 27 heavy (non-hydrogen) atoms. The Morgan fingerprint density at radius 3 is 2.67 bits per heavy atom. The lowest BCUT2D eigenvalue weighted by molar-refractivity contribution is -0.386. The highest BCUT2D eigenvalue weighted by Crippen LogP contribution is 2.30. The smallest absolute Gasteiger partial charge is 0.312 e. The minimum absolute atomic E-state index is 0.173. The number of rotatable bonds is 6. The zero-order valence-corrected chi connectivity index (χ0v) is 14.3. The molecule has 0 atom stereocenters. The van der Waals surface area contributed by atoms with Crippen LogP contribution in [0.25, 0.3) is 0 Å². The molecular formula is C16H12N4O6S. The first kappa shape index (κ1) is 18.1. The van der Waals surface area contributed by atoms with Crippen molar-refractivity contribution in [3.05, 3.63) is 71.2 Å². The molecule has 0 aliphatic heterocycles. The van der Waals surface area contributed by atoms with E-state index in [0.717, 1.165) is 18.2 Å². The van der Waals surface area contributed by atoms with Crippen LogP contribution in [0.2, 0.25) is 0 Å². The number of nitro benzene ring substituents is 1. The third-order valence-corrected chi connectivity index (χ3v) is 4.68. The molecule has 0 saturated carbocycles. The monoisotopic (exact) mass is 388 g/mol. The van der Waals surface area contributed by atoms with E-state index in [-0.39, 0.29) is 16.5 Å². The van der Waals surface area contributed by atoms with Crippen LogP contribution in [0.3, 0.4) is 0 Å². The predicted molar refractivity (Wildman–Crippen MR) is 94.1 cm³/mol. The number of aromatic hydroxyl groups is 1. The number of nitro groups is 1. The Labute approximate surface area is 153 Å². The second-order valence-corrected chi connectivity index (χ2v) is 6.87. The highest BCUT2D eigenvalue weighted by atomic mass is 32.2. The van der Waals surface area contributed by atoms with Gasteiger partial charge in [0.15, 0.2) is 5.75 Å². The van der Waals surface area contributed by atoms with Crippen LogP contribution in [0.1, 0.15) is 0 Å². The summed E-state index contributed by atoms with van der Waals surface area (Å²) in [6, 6.07) is 8.83. The summed E-state index contributed by atoms with van der Waals surface area (Å²) < 4.78 is 32.7. The number of sulfonamides is 1. The fraction of sp³-hybridized carbons (Fsp3) is 0. The van der Waals surface area contributed by atoms with Crippen LogP contribution in [0.4, 0.5) is 11.4 Å². The van der Waals surface area contributed by atoms with Crippen LogP contribution in [-0.2, 0) is 10.0 Å². The average Bonchev–Trinajstić information content (AvgIpc) is 2.62. The van der Waals surface area contributed by atoms with Crippen LogP contribution in [-0.4, -0.2) is 28.4 Å². The molecule has 0 fully saturated rings. The second kappa shape index (κ2) is 7.25. The van der Waals surface area contributed by atoms with Crippen molar-refractivity contribution in [2.45, 2.75) is 4.90 Å². The molecule has 0 aliphatic rings. The summed E-state index contributed by atoms with van der Waals surface area (Å²) in [4.78, 5) is 17.4. The molecular weight excluding hydrogens is 376 g/mol. The van der Waals surface area contributed by atoms with E-state index in [0.29, 0.717) is 5.75 Å². The van der Waals surface area contributed by atoms with E-state index in [1.54, 1.807) is 12.1 Å². The Morgan fingerprint density at radius 2 is 1.96 bits per heavy atom. The summed E-state index contributed by atoms with van der Waals surface area (Å²) in [7, 11) is -4.12. The maximum absolute atomic E-state index is 12.5. The Hall–Kier alpha value is -3.73. The van der Waals surface area contributed by atoms with Gasteiger partial charge in [0.2, 0.25) is 5.88 Å². The maximum Gasteiger partial charge on any atom is 0.312 e. The first-order chi connectivity index (χ1) is 12.8. The summed E-state index contributed by atoms with van der Waals surface area (Å²) in [5.74, 6) is -0.0858. The number of hydrogen-bond donors (Lipinski definition) is 2. The largest absolute Gasteiger partial charge is 0.502 e. The van der Waals surface area contributed by atoms with Crippen LogP contribution in [0.15, 0.2) is 66.0 Å². The SMILES string of the molecule is O=[N+]([O-])c1cc(S(=O)(=O)Nc2cccc(Oc3cnccn3)c2)ccc1O. The first-order valence-electron chi connectivity index (χ1n) is 7.39. The molecule has 10 nitrogen and oxygen atoms in total. The Bertz CT molecular complexity index is 1090. The van der Waals surface area contributed by atoms with Crippen molar-refractivity contribution < 1.29 is 23.2 Å². The topological polar surface area (TPSA) is 145 Å². The highest BCUT2D eigenvalue weighted by molar-refractivity contribution is 7.92. The maximum atomic E-state index is 12.5. The van der Waals surface area contributed by atoms with Crippen molar-refractivity contribution in [1.82, 2.24) is 9.97 Å². The van der Waals surface area contributed by atoms with Gasteiger partial charge in [0.25, 0.3) is 10.0 Å². The van der Waals surface area contributed by atoms with E-state index in [2.05, 4.69) is 14.7 Å². The molecule has 2 aromatic carbocycles. The molecule has 2 N–H and O–H groups in total. The van der Waals surface area contributed by atoms with Crippen molar-refractivity contribution in [3.8, 4) is 17.4 Å². The molecule has 1 aromatic heterocycles. The van der Waals surface area contributed by atoms with Crippen LogP contribution in [0.5, 0.6) is 17.4 Å². The summed E-state index contributed by atoms with van der Waals surface area (Å²) in [5, 5.41) is 20.3. The number of nitrogens with one attached hydrogen (secondary N) is 1. The molecule has 0 aliphatic carbocycles. The van der Waals surface area contributed by atoms with Gasteiger partial charge in [-0.2, -0.15) is 0 Å². The van der Waals surface area contributed by atoms with E-state index in [1.807, 2.05) is 0 Å². The van der Waals surface area contributed by atoms with Crippen molar-refractivity contribution in [2.24, 2.45) is 0 Å². The molecule has 11 heteroatoms. The van der Waals surface area contributed by atoms with E-state index in [9.17, 15) is 23.6 Å². The number of phenols is 1. The number of phenolic OH excluding ortho intramolecular Hbond substituents is 1. The van der Waals surface area contributed by atoms with E-state index < -0.39 is 26.4 Å². The minimum atomic E-state index is -4.12. The Balaban J connectivity index is 1.85. The Morgan fingerprint density at radius 1 is 1.15 bits per heavy atom. The summed E-state index contributed by atoms with van der Waals surface area (Å²) in [6.45, 7) is 0. The minimum Gasteiger partial charge on any atom is -0.502 e. The predicted octanol–water partition coefficient (Wildman–Crippen LogP) is 2.68. The molecule has 0 amide bonds. The molecule has 138 valence electrons. The van der Waals surface area contributed by atoms with E-state index >= 15 is 0 Å². The van der Waals surface area contributed by atoms with Gasteiger partial charge >= 0.3 is 5.69 Å². The number of aromatic nitrogens is 2. The molecule has 0 unspecified atom stereocenters. The molecule has 0 radical (unpaired) electrons. The molecule has 0 saturated heterocycles. The highest BCUT2D eigenvalue weighted by Gasteiger charge is 2.21. The number of benzene rings is 2. The van der Waals surface area contributed by atoms with Gasteiger partial charge < -0.3 is 9.84 Å². The molecule has 1 heterocycles. The van der Waals surface area contributed by atoms with Gasteiger partial charge in [-0.3, -0.25) is 19.8 Å². The van der Waals surface area contributed by atoms with Gasteiger partial charge in [0.05, 0.1) is 21.7 Å². The number of hydrogen-bond acceptors (Lipinski definition) is 8. The zero-order chi connectivity index (χ0) is 19.4. The van der Waals surface area contributed by atoms with Gasteiger partial charge in [-0.05, 0) is 24.3 Å². The summed E-state index contributed by atoms with van der Waals surface area (Å²) >= 11 is 0. The fourth-order valence-electron chi connectivity index (χ4n) is 2.11. The van der Waals surface area contributed by atoms with Crippen molar-refractivity contribution >= 4 is 21.4 Å². The summed E-state index contributed by atoms with van der Waals surface area (Å²) in [6.07, 6.45) is 4.32. The summed E-state index contributed by atoms with van der Waals surface area (Å²) in [5.41, 5.74) is -0.537. The van der Waals surface area contributed by atoms with Gasteiger partial charge in [0.1, 0.15) is 5.75 Å². The van der Waals surface area contributed by atoms with Gasteiger partial charge in [0, 0.05) is 24.5 Å². The molecule has 0 bridgehead atoms. The van der Waals surface area contributed by atoms with Crippen LogP contribution >= 0.6 is 0 Å². The standard InChI is InChI=1S/C16H12N4O6S/c21-15-5-4-13(9-14(15)20(22)23)27(24,25)19-11-2-1-3-12(8-11)26-16-10-17-6-7-18-16/h1-10,19,21H. The normalized spacial score (nSPS) is 11.0. The Kier molecular flexibility index (Phi) is 4.86. The van der Waals surface area contributed by atoms with Crippen molar-refractivity contribution in [1.29, 1.82) is 0 Å². The van der Waals surface area contributed by atoms with Crippen molar-refractivity contribution in [3.63, 3.8) is 0 Å². The number of nitrogens with zero attached hydrogens (tertiary/aromatic N) is 3. The fourth-order valence-corrected chi connectivity index (χ4v) is 3.18. The number of ether oxygens (including phenoxy) is 1. The third kappa shape index (κ3) is 4.27. The average molecular weight is 388 g/mol. The van der Waals surface area contributed by atoms with Crippen LogP contribution in [0, 0.1) is 10.1 Å². The third-order valence-electron chi connectivity index (χ3n) is 3.30. The van der Waals surface area contributed by atoms with Crippen molar-refractivity contribution in [2.75, 3.05) is 4.72 Å². The van der Waals surface area contributed by atoms with E-state index in [4.69, 9.17) is 4.74 Å². The number of anilines is 1. The van der Waals surface area contributed by atoms with Gasteiger partial charge in [-0.15, -0.1) is 0 Å². The lowest BCUT2D eigenvalue weighted by Gasteiger charge is -2.10. The molecule has 3 aromatic rings. The lowest BCUT2D eigenvalue weighted by Crippen LogP contribution is -2.13. The lowest BCUT2D eigenvalue weighted by atomic mass is 10.3. The zero-order valence-electron chi connectivity index (χ0n) is 13.5. The van der Waals surface area contributed by atoms with Gasteiger partial charge in [-0.25, -0.2) is 13.4 Å². The molecule has 3 rings (SSSR count). The first-order valence-corrected chi connectivity index (χ1v) is 8.87. The van der Waals surface area contributed by atoms with Gasteiger partial charge in [-0.1, -0.05) is 6.07 Å².